The number of nitrogen functional groups attached to an aromatic ring is 1. The summed E-state index contributed by atoms with van der Waals surface area (Å²) >= 11 is 14.5. The maximum absolute atomic E-state index is 10.6. The van der Waals surface area contributed by atoms with Crippen LogP contribution in [-0.4, -0.2) is 102 Å². The number of rotatable bonds is 8. The summed E-state index contributed by atoms with van der Waals surface area (Å²) in [5.41, 5.74) is 14.3. The summed E-state index contributed by atoms with van der Waals surface area (Å²) in [4.78, 5) is 16.9. The Morgan fingerprint density at radius 2 is 1.86 bits per heavy atom. The van der Waals surface area contributed by atoms with Gasteiger partial charge in [0.05, 0.1) is 29.5 Å². The van der Waals surface area contributed by atoms with Crippen LogP contribution in [0.15, 0.2) is 46.2 Å². The Labute approximate surface area is 309 Å². The second kappa shape index (κ2) is 16.4. The molecule has 2 aromatic heterocycles. The second-order valence-corrected chi connectivity index (χ2v) is 14.5. The van der Waals surface area contributed by atoms with Crippen LogP contribution in [0.4, 0.5) is 11.8 Å². The number of hydrogen-bond donors (Lipinski definition) is 9. The van der Waals surface area contributed by atoms with Crippen LogP contribution in [0.5, 0.6) is 0 Å². The van der Waals surface area contributed by atoms with Gasteiger partial charge >= 0.3 is 0 Å². The highest BCUT2D eigenvalue weighted by Gasteiger charge is 2.42. The first-order valence-corrected chi connectivity index (χ1v) is 18.1. The topological polar surface area (TPSA) is 229 Å². The molecule has 4 aliphatic rings. The number of aliphatic imine (C=N–C) groups is 1. The number of pyridine rings is 1. The van der Waals surface area contributed by atoms with Crippen molar-refractivity contribution in [1.29, 1.82) is 0 Å². The van der Waals surface area contributed by atoms with Gasteiger partial charge in [-0.05, 0) is 55.7 Å². The third-order valence-corrected chi connectivity index (χ3v) is 10.7. The fourth-order valence-corrected chi connectivity index (χ4v) is 7.76. The summed E-state index contributed by atoms with van der Waals surface area (Å²) in [5.74, 6) is 12.6. The number of nitrogens with zero attached hydrogens (tertiary/aromatic N) is 4. The quantitative estimate of drug-likeness (QED) is 0.134. The molecule has 4 heterocycles. The predicted molar refractivity (Wildman–Crippen MR) is 196 cm³/mol. The lowest BCUT2D eigenvalue weighted by Gasteiger charge is -2.30. The first-order valence-electron chi connectivity index (χ1n) is 16.4. The molecule has 11 N–H and O–H groups in total. The normalized spacial score (nSPS) is 31.3. The first-order chi connectivity index (χ1) is 24.5. The highest BCUT2D eigenvalue weighted by Crippen LogP contribution is 2.35. The lowest BCUT2D eigenvalue weighted by Crippen LogP contribution is -2.49. The minimum Gasteiger partial charge on any atom is -0.396 e. The lowest BCUT2D eigenvalue weighted by atomic mass is 10.1. The molecule has 17 heteroatoms. The standard InChI is InChI=1S/C34H39Cl2N9O5S/c1-16-2-3-17(13-39-16)4-5-20-29(35)42-33(37)44-31(20)40-22-10-18(14-46)11-25(22)50-24-8-9-51-26(24)7-6-21-30(36)43-34(38)45-32(21)41-23-12-19(15-47)27(48)28(23)49/h2-3,8-9,13,18-19,22-28,33,40,44,46-49H,10-12,14-15,37H2,1H3,(H3,38,41,43,45)/t18-,19+,22+,23+,24?,25+,26?,27+,28-,33?/m0/s1. The van der Waals surface area contributed by atoms with Crippen molar-refractivity contribution in [2.75, 3.05) is 24.3 Å². The zero-order chi connectivity index (χ0) is 36.2. The average Bonchev–Trinajstić information content (AvgIpc) is 3.78. The SMILES string of the molecule is Cc1ccc(C#CC2=C(N[C@@H]3C[C@H](CO)C[C@H]3OC3C=CSC3C#Cc3c(Cl)nc(N)nc3N[C@@H]3C[C@H](CO)[C@@H](O)[C@H]3O)NC(N)N=C2Cl)cn1. The lowest BCUT2D eigenvalue weighted by molar-refractivity contribution is 0.00445. The van der Waals surface area contributed by atoms with E-state index in [1.165, 1.54) is 11.8 Å². The van der Waals surface area contributed by atoms with Crippen molar-refractivity contribution >= 4 is 51.9 Å². The zero-order valence-electron chi connectivity index (χ0n) is 27.5. The summed E-state index contributed by atoms with van der Waals surface area (Å²) in [7, 11) is 0. The molecule has 0 aromatic carbocycles. The summed E-state index contributed by atoms with van der Waals surface area (Å²) in [6, 6.07) is 2.89. The van der Waals surface area contributed by atoms with Crippen molar-refractivity contribution in [3.8, 4) is 23.7 Å². The number of aromatic nitrogens is 3. The molecule has 3 unspecified atom stereocenters. The maximum atomic E-state index is 10.6. The third kappa shape index (κ3) is 8.72. The summed E-state index contributed by atoms with van der Waals surface area (Å²) in [5, 5.41) is 52.1. The van der Waals surface area contributed by atoms with Gasteiger partial charge < -0.3 is 46.8 Å². The molecule has 0 amide bonds. The average molecular weight is 757 g/mol. The number of allylic oxidation sites excluding steroid dienone is 1. The zero-order valence-corrected chi connectivity index (χ0v) is 29.8. The van der Waals surface area contributed by atoms with Gasteiger partial charge in [0.25, 0.3) is 0 Å². The molecule has 2 aliphatic carbocycles. The van der Waals surface area contributed by atoms with Gasteiger partial charge in [0.2, 0.25) is 5.95 Å². The van der Waals surface area contributed by atoms with E-state index in [4.69, 9.17) is 39.4 Å². The van der Waals surface area contributed by atoms with Crippen LogP contribution in [0.3, 0.4) is 0 Å². The molecular weight excluding hydrogens is 717 g/mol. The summed E-state index contributed by atoms with van der Waals surface area (Å²) < 4.78 is 6.67. The highest BCUT2D eigenvalue weighted by atomic mass is 35.5. The molecule has 2 fully saturated rings. The van der Waals surface area contributed by atoms with Gasteiger partial charge in [-0.25, -0.2) is 4.99 Å². The molecular formula is C34H39Cl2N9O5S. The first kappa shape index (κ1) is 37.2. The van der Waals surface area contributed by atoms with E-state index in [9.17, 15) is 20.4 Å². The Kier molecular flexibility index (Phi) is 11.9. The molecule has 2 saturated carbocycles. The largest absolute Gasteiger partial charge is 0.396 e. The molecule has 0 saturated heterocycles. The molecule has 2 aromatic rings. The van der Waals surface area contributed by atoms with Crippen molar-refractivity contribution in [3.05, 3.63) is 63.2 Å². The number of anilines is 2. The molecule has 2 aliphatic heterocycles. The van der Waals surface area contributed by atoms with Crippen molar-refractivity contribution in [1.82, 2.24) is 25.6 Å². The minimum absolute atomic E-state index is 0.00495. The Balaban J connectivity index is 1.20. The van der Waals surface area contributed by atoms with E-state index in [2.05, 4.69) is 59.6 Å². The van der Waals surface area contributed by atoms with Crippen molar-refractivity contribution in [3.63, 3.8) is 0 Å². The molecule has 270 valence electrons. The number of aryl methyl sites for hydroxylation is 1. The summed E-state index contributed by atoms with van der Waals surface area (Å²) in [6.45, 7) is 1.62. The number of thioether (sulfide) groups is 1. The molecule has 0 bridgehead atoms. The number of aliphatic hydroxyl groups is 4. The van der Waals surface area contributed by atoms with E-state index in [0.717, 1.165) is 5.69 Å². The minimum atomic E-state index is -1.15. The second-order valence-electron chi connectivity index (χ2n) is 12.8. The van der Waals surface area contributed by atoms with Crippen molar-refractivity contribution in [2.24, 2.45) is 22.6 Å². The number of nitrogens with one attached hydrogen (secondary N) is 3. The van der Waals surface area contributed by atoms with Crippen LogP contribution >= 0.6 is 35.0 Å². The Bertz CT molecular complexity index is 1830. The van der Waals surface area contributed by atoms with Crippen LogP contribution in [0, 0.1) is 42.4 Å². The Hall–Kier alpha value is -3.61. The van der Waals surface area contributed by atoms with Gasteiger partial charge in [0.15, 0.2) is 11.4 Å². The number of halogens is 2. The molecule has 51 heavy (non-hydrogen) atoms. The smallest absolute Gasteiger partial charge is 0.223 e. The number of nitrogens with two attached hydrogens (primary N) is 2. The van der Waals surface area contributed by atoms with Gasteiger partial charge in [-0.15, -0.1) is 11.8 Å². The number of ether oxygens (including phenoxy) is 1. The van der Waals surface area contributed by atoms with E-state index >= 15 is 0 Å². The van der Waals surface area contributed by atoms with Gasteiger partial charge in [-0.1, -0.05) is 46.9 Å². The van der Waals surface area contributed by atoms with Gasteiger partial charge in [-0.2, -0.15) is 9.97 Å². The number of aliphatic hydroxyl groups excluding tert-OH is 4. The maximum Gasteiger partial charge on any atom is 0.223 e. The molecule has 0 spiro atoms. The number of hydrogen-bond acceptors (Lipinski definition) is 15. The van der Waals surface area contributed by atoms with Crippen LogP contribution in [0.1, 0.15) is 36.1 Å². The molecule has 0 radical (unpaired) electrons. The van der Waals surface area contributed by atoms with Gasteiger partial charge in [-0.3, -0.25) is 10.7 Å². The van der Waals surface area contributed by atoms with Crippen molar-refractivity contribution in [2.45, 2.75) is 74.2 Å². The van der Waals surface area contributed by atoms with E-state index in [-0.39, 0.29) is 64.2 Å². The molecule has 10 atom stereocenters. The van der Waals surface area contributed by atoms with Gasteiger partial charge in [0.1, 0.15) is 40.2 Å². The highest BCUT2D eigenvalue weighted by molar-refractivity contribution is 8.03. The van der Waals surface area contributed by atoms with E-state index < -0.39 is 36.6 Å². The Morgan fingerprint density at radius 1 is 1.04 bits per heavy atom. The van der Waals surface area contributed by atoms with Crippen LogP contribution < -0.4 is 27.4 Å². The van der Waals surface area contributed by atoms with Crippen LogP contribution in [0.25, 0.3) is 0 Å². The molecule has 6 rings (SSSR count). The fourth-order valence-electron chi connectivity index (χ4n) is 6.44. The predicted octanol–water partition coefficient (Wildman–Crippen LogP) is 0.771. The summed E-state index contributed by atoms with van der Waals surface area (Å²) in [6.07, 6.45) is 1.37. The van der Waals surface area contributed by atoms with Gasteiger partial charge in [0, 0.05) is 36.6 Å². The van der Waals surface area contributed by atoms with E-state index in [1.807, 2.05) is 30.5 Å². The van der Waals surface area contributed by atoms with Crippen LogP contribution in [-0.2, 0) is 4.74 Å². The molecule has 14 nitrogen and oxygen atoms in total. The van der Waals surface area contributed by atoms with Crippen LogP contribution in [0.2, 0.25) is 5.15 Å². The monoisotopic (exact) mass is 755 g/mol. The van der Waals surface area contributed by atoms with E-state index in [0.29, 0.717) is 36.2 Å². The van der Waals surface area contributed by atoms with E-state index in [1.54, 1.807) is 6.20 Å². The fraction of sp³-hybridized carbons (Fsp3) is 0.471. The Morgan fingerprint density at radius 3 is 2.59 bits per heavy atom. The third-order valence-electron chi connectivity index (χ3n) is 9.14. The van der Waals surface area contributed by atoms with Crippen molar-refractivity contribution < 1.29 is 25.2 Å².